The number of rotatable bonds is 1. The number of hydrogen-bond donors (Lipinski definition) is 1. The molecule has 1 aliphatic rings. The van der Waals surface area contributed by atoms with E-state index in [-0.39, 0.29) is 11.0 Å². The lowest BCUT2D eigenvalue weighted by atomic mass is 9.97. The van der Waals surface area contributed by atoms with Gasteiger partial charge in [0.05, 0.1) is 5.52 Å². The molecule has 3 rings (SSSR count). The Balaban J connectivity index is 2.14. The van der Waals surface area contributed by atoms with Crippen LogP contribution in [0, 0.1) is 5.41 Å². The molecule has 0 amide bonds. The summed E-state index contributed by atoms with van der Waals surface area (Å²) in [7, 11) is 0. The first kappa shape index (κ1) is 9.79. The van der Waals surface area contributed by atoms with E-state index < -0.39 is 0 Å². The Labute approximate surface area is 95.5 Å². The molecule has 82 valence electrons. The van der Waals surface area contributed by atoms with Crippen LogP contribution in [-0.4, -0.2) is 4.98 Å². The van der Waals surface area contributed by atoms with E-state index in [9.17, 15) is 0 Å². The maximum Gasteiger partial charge on any atom is 0.0702 e. The van der Waals surface area contributed by atoms with E-state index in [0.717, 1.165) is 17.5 Å². The van der Waals surface area contributed by atoms with E-state index in [1.807, 2.05) is 24.4 Å². The molecule has 0 spiro atoms. The van der Waals surface area contributed by atoms with Crippen LogP contribution in [-0.2, 0) is 5.54 Å². The van der Waals surface area contributed by atoms with Crippen molar-refractivity contribution in [1.29, 1.82) is 0 Å². The molecule has 1 heterocycles. The van der Waals surface area contributed by atoms with Gasteiger partial charge in [0.2, 0.25) is 0 Å². The second-order valence-electron chi connectivity index (χ2n) is 5.45. The minimum atomic E-state index is -0.177. The van der Waals surface area contributed by atoms with Crippen LogP contribution in [0.5, 0.6) is 0 Å². The Morgan fingerprint density at radius 1 is 1.25 bits per heavy atom. The molecule has 1 aliphatic carbocycles. The summed E-state index contributed by atoms with van der Waals surface area (Å²) in [5, 5.41) is 1.17. The maximum absolute atomic E-state index is 6.40. The quantitative estimate of drug-likeness (QED) is 0.789. The molecule has 16 heavy (non-hydrogen) atoms. The molecule has 1 aromatic heterocycles. The summed E-state index contributed by atoms with van der Waals surface area (Å²) < 4.78 is 0. The van der Waals surface area contributed by atoms with Crippen molar-refractivity contribution < 1.29 is 0 Å². The van der Waals surface area contributed by atoms with Crippen molar-refractivity contribution in [3.63, 3.8) is 0 Å². The summed E-state index contributed by atoms with van der Waals surface area (Å²) >= 11 is 0. The Bertz CT molecular complexity index is 559. The Morgan fingerprint density at radius 2 is 1.94 bits per heavy atom. The number of nitrogens with zero attached hydrogens (tertiary/aromatic N) is 1. The first-order valence-electron chi connectivity index (χ1n) is 5.67. The first-order valence-corrected chi connectivity index (χ1v) is 5.67. The van der Waals surface area contributed by atoms with Crippen LogP contribution in [0.2, 0.25) is 0 Å². The van der Waals surface area contributed by atoms with Gasteiger partial charge < -0.3 is 5.73 Å². The molecule has 0 saturated heterocycles. The van der Waals surface area contributed by atoms with E-state index >= 15 is 0 Å². The van der Waals surface area contributed by atoms with E-state index in [1.165, 1.54) is 5.39 Å². The molecule has 2 heteroatoms. The number of nitrogens with two attached hydrogens (primary N) is 1. The average molecular weight is 212 g/mol. The van der Waals surface area contributed by atoms with Crippen molar-refractivity contribution in [2.75, 3.05) is 0 Å². The fourth-order valence-corrected chi connectivity index (χ4v) is 2.46. The van der Waals surface area contributed by atoms with Gasteiger partial charge in [0.1, 0.15) is 0 Å². The van der Waals surface area contributed by atoms with Crippen LogP contribution in [0.4, 0.5) is 0 Å². The number of pyridine rings is 1. The normalized spacial score (nSPS) is 26.9. The third-order valence-electron chi connectivity index (χ3n) is 3.91. The van der Waals surface area contributed by atoms with Crippen molar-refractivity contribution in [3.05, 3.63) is 42.1 Å². The summed E-state index contributed by atoms with van der Waals surface area (Å²) in [6, 6.07) is 10.3. The SMILES string of the molecule is CC1(C)CC1(N)c1cnc2ccccc2c1. The molecule has 0 radical (unpaired) electrons. The Hall–Kier alpha value is -1.41. The molecule has 1 fully saturated rings. The summed E-state index contributed by atoms with van der Waals surface area (Å²) in [6.07, 6.45) is 2.97. The predicted octanol–water partition coefficient (Wildman–Crippen LogP) is 2.82. The third-order valence-corrected chi connectivity index (χ3v) is 3.91. The lowest BCUT2D eigenvalue weighted by molar-refractivity contribution is 0.509. The fourth-order valence-electron chi connectivity index (χ4n) is 2.46. The van der Waals surface area contributed by atoms with Gasteiger partial charge in [0, 0.05) is 17.1 Å². The molecule has 1 atom stereocenters. The largest absolute Gasteiger partial charge is 0.321 e. The number of aromatic nitrogens is 1. The number of benzene rings is 1. The smallest absolute Gasteiger partial charge is 0.0702 e. The Morgan fingerprint density at radius 3 is 2.62 bits per heavy atom. The molecule has 1 unspecified atom stereocenters. The predicted molar refractivity (Wildman–Crippen MR) is 66.0 cm³/mol. The molecule has 2 aromatic rings. The van der Waals surface area contributed by atoms with Crippen molar-refractivity contribution in [3.8, 4) is 0 Å². The molecule has 1 saturated carbocycles. The van der Waals surface area contributed by atoms with Gasteiger partial charge in [-0.3, -0.25) is 4.98 Å². The van der Waals surface area contributed by atoms with Crippen molar-refractivity contribution in [2.45, 2.75) is 25.8 Å². The monoisotopic (exact) mass is 212 g/mol. The minimum Gasteiger partial charge on any atom is -0.321 e. The standard InChI is InChI=1S/C14H16N2/c1-13(2)9-14(13,15)11-7-10-5-3-4-6-12(10)16-8-11/h3-8H,9,15H2,1-2H3. The van der Waals surface area contributed by atoms with Crippen LogP contribution >= 0.6 is 0 Å². The molecule has 0 bridgehead atoms. The number of fused-ring (bicyclic) bond motifs is 1. The van der Waals surface area contributed by atoms with Crippen LogP contribution in [0.1, 0.15) is 25.8 Å². The first-order chi connectivity index (χ1) is 7.53. The third kappa shape index (κ3) is 1.20. The highest BCUT2D eigenvalue weighted by Crippen LogP contribution is 2.60. The van der Waals surface area contributed by atoms with Gasteiger partial charge in [0.15, 0.2) is 0 Å². The lowest BCUT2D eigenvalue weighted by Crippen LogP contribution is -2.25. The van der Waals surface area contributed by atoms with Crippen molar-refractivity contribution in [2.24, 2.45) is 11.1 Å². The molecule has 2 nitrogen and oxygen atoms in total. The average Bonchev–Trinajstić information content (AvgIpc) is 2.79. The lowest BCUT2D eigenvalue weighted by Gasteiger charge is -2.15. The van der Waals surface area contributed by atoms with E-state index in [4.69, 9.17) is 5.73 Å². The van der Waals surface area contributed by atoms with Crippen LogP contribution in [0.15, 0.2) is 36.5 Å². The van der Waals surface area contributed by atoms with Gasteiger partial charge in [0.25, 0.3) is 0 Å². The summed E-state index contributed by atoms with van der Waals surface area (Å²) in [4.78, 5) is 4.47. The zero-order chi connectivity index (χ0) is 11.4. The van der Waals surface area contributed by atoms with Crippen LogP contribution in [0.3, 0.4) is 0 Å². The molecule has 2 N–H and O–H groups in total. The maximum atomic E-state index is 6.40. The molecule has 1 aromatic carbocycles. The number of para-hydroxylation sites is 1. The highest BCUT2D eigenvalue weighted by Gasteiger charge is 2.59. The van der Waals surface area contributed by atoms with Crippen molar-refractivity contribution in [1.82, 2.24) is 4.98 Å². The van der Waals surface area contributed by atoms with Gasteiger partial charge in [-0.2, -0.15) is 0 Å². The van der Waals surface area contributed by atoms with Gasteiger partial charge in [-0.15, -0.1) is 0 Å². The number of hydrogen-bond acceptors (Lipinski definition) is 2. The summed E-state index contributed by atoms with van der Waals surface area (Å²) in [6.45, 7) is 4.42. The molecule has 0 aliphatic heterocycles. The van der Waals surface area contributed by atoms with E-state index in [1.54, 1.807) is 0 Å². The second kappa shape index (κ2) is 2.83. The zero-order valence-corrected chi connectivity index (χ0v) is 9.70. The fraction of sp³-hybridized carbons (Fsp3) is 0.357. The van der Waals surface area contributed by atoms with E-state index in [0.29, 0.717) is 0 Å². The molecular formula is C14H16N2. The van der Waals surface area contributed by atoms with E-state index in [2.05, 4.69) is 31.0 Å². The van der Waals surface area contributed by atoms with Gasteiger partial charge in [-0.05, 0) is 29.5 Å². The topological polar surface area (TPSA) is 38.9 Å². The van der Waals surface area contributed by atoms with Gasteiger partial charge in [-0.25, -0.2) is 0 Å². The van der Waals surface area contributed by atoms with Crippen LogP contribution < -0.4 is 5.73 Å². The van der Waals surface area contributed by atoms with Crippen LogP contribution in [0.25, 0.3) is 10.9 Å². The minimum absolute atomic E-state index is 0.177. The summed E-state index contributed by atoms with van der Waals surface area (Å²) in [5.41, 5.74) is 8.62. The van der Waals surface area contributed by atoms with Gasteiger partial charge >= 0.3 is 0 Å². The summed E-state index contributed by atoms with van der Waals surface area (Å²) in [5.74, 6) is 0. The molecular weight excluding hydrogens is 196 g/mol. The van der Waals surface area contributed by atoms with Gasteiger partial charge in [-0.1, -0.05) is 32.0 Å². The zero-order valence-electron chi connectivity index (χ0n) is 9.70. The Kier molecular flexibility index (Phi) is 1.73. The second-order valence-corrected chi connectivity index (χ2v) is 5.45. The highest BCUT2D eigenvalue weighted by atomic mass is 14.9. The van der Waals surface area contributed by atoms with Crippen molar-refractivity contribution >= 4 is 10.9 Å². The highest BCUT2D eigenvalue weighted by molar-refractivity contribution is 5.79.